The summed E-state index contributed by atoms with van der Waals surface area (Å²) in [7, 11) is 0. The Bertz CT molecular complexity index is 1220. The Hall–Kier alpha value is -4.06. The summed E-state index contributed by atoms with van der Waals surface area (Å²) in [6.07, 6.45) is 4.81. The van der Waals surface area contributed by atoms with Crippen molar-refractivity contribution in [3.8, 4) is 11.3 Å². The second-order valence-electron chi connectivity index (χ2n) is 7.76. The van der Waals surface area contributed by atoms with Crippen molar-refractivity contribution in [2.24, 2.45) is 0 Å². The van der Waals surface area contributed by atoms with Gasteiger partial charge < -0.3 is 10.6 Å². The van der Waals surface area contributed by atoms with Crippen LogP contribution in [0.3, 0.4) is 0 Å². The smallest absolute Gasteiger partial charge is 0.255 e. The van der Waals surface area contributed by atoms with Crippen LogP contribution in [0.25, 0.3) is 11.3 Å². The van der Waals surface area contributed by atoms with Crippen molar-refractivity contribution in [1.82, 2.24) is 9.97 Å². The minimum absolute atomic E-state index is 0.186. The summed E-state index contributed by atoms with van der Waals surface area (Å²) < 4.78 is 13.2. The fourth-order valence-corrected chi connectivity index (χ4v) is 3.43. The largest absolute Gasteiger partial charge is 0.340 e. The first-order valence-electron chi connectivity index (χ1n) is 11.0. The lowest BCUT2D eigenvalue weighted by atomic mass is 10.1. The average Bonchev–Trinajstić information content (AvgIpc) is 2.84. The monoisotopic (exact) mass is 440 g/mol. The van der Waals surface area contributed by atoms with Gasteiger partial charge in [0.25, 0.3) is 5.91 Å². The molecule has 166 valence electrons. The Labute approximate surface area is 192 Å². The van der Waals surface area contributed by atoms with Crippen molar-refractivity contribution >= 4 is 23.1 Å². The summed E-state index contributed by atoms with van der Waals surface area (Å²) in [5.41, 5.74) is 4.74. The SMILES string of the molecule is CCCCc1ccc(NC(=O)c2cccc(Nc3cc(-c4ccc(F)cc4)ncn3)c2)cc1. The maximum absolute atomic E-state index is 13.2. The van der Waals surface area contributed by atoms with Crippen molar-refractivity contribution in [2.75, 3.05) is 10.6 Å². The summed E-state index contributed by atoms with van der Waals surface area (Å²) in [5, 5.41) is 6.15. The van der Waals surface area contributed by atoms with E-state index >= 15 is 0 Å². The number of aromatic nitrogens is 2. The summed E-state index contributed by atoms with van der Waals surface area (Å²) in [4.78, 5) is 21.3. The number of carbonyl (C=O) groups is 1. The predicted octanol–water partition coefficient (Wildman–Crippen LogP) is 6.62. The number of nitrogens with one attached hydrogen (secondary N) is 2. The van der Waals surface area contributed by atoms with Crippen molar-refractivity contribution in [3.05, 3.63) is 102 Å². The first-order chi connectivity index (χ1) is 16.1. The molecule has 2 N–H and O–H groups in total. The molecule has 0 radical (unpaired) electrons. The van der Waals surface area contributed by atoms with E-state index in [2.05, 4.69) is 39.7 Å². The topological polar surface area (TPSA) is 66.9 Å². The minimum atomic E-state index is -0.298. The van der Waals surface area contributed by atoms with E-state index in [1.165, 1.54) is 24.0 Å². The van der Waals surface area contributed by atoms with Gasteiger partial charge in [-0.25, -0.2) is 14.4 Å². The van der Waals surface area contributed by atoms with Crippen LogP contribution >= 0.6 is 0 Å². The molecule has 0 aliphatic heterocycles. The highest BCUT2D eigenvalue weighted by atomic mass is 19.1. The highest BCUT2D eigenvalue weighted by Gasteiger charge is 2.08. The minimum Gasteiger partial charge on any atom is -0.340 e. The van der Waals surface area contributed by atoms with E-state index in [1.807, 2.05) is 24.3 Å². The second-order valence-corrected chi connectivity index (χ2v) is 7.76. The maximum atomic E-state index is 13.2. The number of nitrogens with zero attached hydrogens (tertiary/aromatic N) is 2. The highest BCUT2D eigenvalue weighted by Crippen LogP contribution is 2.22. The number of hydrogen-bond donors (Lipinski definition) is 2. The van der Waals surface area contributed by atoms with Gasteiger partial charge in [0.2, 0.25) is 0 Å². The summed E-state index contributed by atoms with van der Waals surface area (Å²) >= 11 is 0. The van der Waals surface area contributed by atoms with Crippen LogP contribution in [0.15, 0.2) is 85.2 Å². The molecule has 0 atom stereocenters. The third-order valence-corrected chi connectivity index (χ3v) is 5.24. The molecule has 0 spiro atoms. The molecule has 1 amide bonds. The lowest BCUT2D eigenvalue weighted by Gasteiger charge is -2.10. The molecule has 0 aliphatic carbocycles. The molecule has 3 aromatic carbocycles. The van der Waals surface area contributed by atoms with E-state index in [0.29, 0.717) is 17.1 Å². The zero-order chi connectivity index (χ0) is 23.0. The van der Waals surface area contributed by atoms with Crippen molar-refractivity contribution in [2.45, 2.75) is 26.2 Å². The molecule has 0 unspecified atom stereocenters. The normalized spacial score (nSPS) is 10.6. The highest BCUT2D eigenvalue weighted by molar-refractivity contribution is 6.04. The third kappa shape index (κ3) is 6.01. The standard InChI is InChI=1S/C27H25FN4O/c1-2-3-5-19-8-14-23(15-9-19)32-27(33)21-6-4-7-24(16-21)31-26-17-25(29-18-30-26)20-10-12-22(28)13-11-20/h4,6-18H,2-3,5H2,1H3,(H,32,33)(H,29,30,31). The van der Waals surface area contributed by atoms with Gasteiger partial charge in [-0.1, -0.05) is 31.5 Å². The molecule has 33 heavy (non-hydrogen) atoms. The van der Waals surface area contributed by atoms with Gasteiger partial charge in [0.15, 0.2) is 0 Å². The lowest BCUT2D eigenvalue weighted by Crippen LogP contribution is -2.12. The fraction of sp³-hybridized carbons (Fsp3) is 0.148. The van der Waals surface area contributed by atoms with Gasteiger partial charge in [0.1, 0.15) is 18.0 Å². The van der Waals surface area contributed by atoms with Gasteiger partial charge in [-0.05, 0) is 73.0 Å². The van der Waals surface area contributed by atoms with Crippen LogP contribution in [0.5, 0.6) is 0 Å². The average molecular weight is 441 g/mol. The number of unbranched alkanes of at least 4 members (excludes halogenated alkanes) is 1. The predicted molar refractivity (Wildman–Crippen MR) is 130 cm³/mol. The lowest BCUT2D eigenvalue weighted by molar-refractivity contribution is 0.102. The Morgan fingerprint density at radius 3 is 2.45 bits per heavy atom. The van der Waals surface area contributed by atoms with Gasteiger partial charge in [-0.3, -0.25) is 4.79 Å². The van der Waals surface area contributed by atoms with E-state index in [4.69, 9.17) is 0 Å². The van der Waals surface area contributed by atoms with Crippen LogP contribution in [0, 0.1) is 5.82 Å². The van der Waals surface area contributed by atoms with E-state index in [0.717, 1.165) is 36.2 Å². The quantitative estimate of drug-likeness (QED) is 0.323. The maximum Gasteiger partial charge on any atom is 0.255 e. The fourth-order valence-electron chi connectivity index (χ4n) is 3.43. The molecule has 0 aliphatic rings. The van der Waals surface area contributed by atoms with Crippen LogP contribution in [-0.4, -0.2) is 15.9 Å². The Morgan fingerprint density at radius 2 is 1.70 bits per heavy atom. The molecule has 5 nitrogen and oxygen atoms in total. The summed E-state index contributed by atoms with van der Waals surface area (Å²) in [6, 6.07) is 23.1. The van der Waals surface area contributed by atoms with E-state index in [9.17, 15) is 9.18 Å². The van der Waals surface area contributed by atoms with Crippen molar-refractivity contribution < 1.29 is 9.18 Å². The Balaban J connectivity index is 1.44. The van der Waals surface area contributed by atoms with Crippen LogP contribution in [0.1, 0.15) is 35.7 Å². The first-order valence-corrected chi connectivity index (χ1v) is 11.0. The second kappa shape index (κ2) is 10.5. The molecular formula is C27H25FN4O. The zero-order valence-electron chi connectivity index (χ0n) is 18.4. The number of rotatable bonds is 8. The molecule has 4 rings (SSSR count). The number of carbonyl (C=O) groups excluding carboxylic acids is 1. The van der Waals surface area contributed by atoms with Crippen LogP contribution in [-0.2, 0) is 6.42 Å². The Kier molecular flexibility index (Phi) is 7.05. The van der Waals surface area contributed by atoms with Crippen LogP contribution in [0.2, 0.25) is 0 Å². The molecule has 0 bridgehead atoms. The molecule has 6 heteroatoms. The molecule has 4 aromatic rings. The van der Waals surface area contributed by atoms with Gasteiger partial charge in [-0.15, -0.1) is 0 Å². The van der Waals surface area contributed by atoms with Gasteiger partial charge in [0, 0.05) is 28.6 Å². The third-order valence-electron chi connectivity index (χ3n) is 5.24. The van der Waals surface area contributed by atoms with Gasteiger partial charge in [-0.2, -0.15) is 0 Å². The number of hydrogen-bond acceptors (Lipinski definition) is 4. The van der Waals surface area contributed by atoms with Crippen LogP contribution in [0.4, 0.5) is 21.6 Å². The molecule has 1 heterocycles. The van der Waals surface area contributed by atoms with Gasteiger partial charge >= 0.3 is 0 Å². The van der Waals surface area contributed by atoms with Crippen LogP contribution < -0.4 is 10.6 Å². The number of halogens is 1. The van der Waals surface area contributed by atoms with E-state index in [-0.39, 0.29) is 11.7 Å². The van der Waals surface area contributed by atoms with Crippen molar-refractivity contribution in [3.63, 3.8) is 0 Å². The number of aryl methyl sites for hydroxylation is 1. The molecular weight excluding hydrogens is 415 g/mol. The number of anilines is 3. The van der Waals surface area contributed by atoms with E-state index in [1.54, 1.807) is 30.3 Å². The molecule has 1 aromatic heterocycles. The first kappa shape index (κ1) is 22.1. The van der Waals surface area contributed by atoms with Gasteiger partial charge in [0.05, 0.1) is 5.69 Å². The summed E-state index contributed by atoms with van der Waals surface area (Å²) in [5.74, 6) is 0.0906. The van der Waals surface area contributed by atoms with Crippen molar-refractivity contribution in [1.29, 1.82) is 0 Å². The molecule has 0 fully saturated rings. The Morgan fingerprint density at radius 1 is 0.909 bits per heavy atom. The van der Waals surface area contributed by atoms with E-state index < -0.39 is 0 Å². The number of amides is 1. The molecule has 0 saturated carbocycles. The number of benzene rings is 3. The summed E-state index contributed by atoms with van der Waals surface area (Å²) in [6.45, 7) is 2.17. The molecule has 0 saturated heterocycles. The zero-order valence-corrected chi connectivity index (χ0v) is 18.4.